The van der Waals surface area contributed by atoms with Gasteiger partial charge in [-0.1, -0.05) is 5.16 Å². The summed E-state index contributed by atoms with van der Waals surface area (Å²) in [6, 6.07) is 7.25. The van der Waals surface area contributed by atoms with E-state index in [0.717, 1.165) is 17.1 Å². The summed E-state index contributed by atoms with van der Waals surface area (Å²) in [7, 11) is -3.43. The number of hydrogen-bond acceptors (Lipinski definition) is 8. The van der Waals surface area contributed by atoms with Gasteiger partial charge >= 0.3 is 0 Å². The number of nitrogens with zero attached hydrogens (tertiary/aromatic N) is 6. The molecule has 9 nitrogen and oxygen atoms in total. The van der Waals surface area contributed by atoms with Gasteiger partial charge in [-0.2, -0.15) is 4.31 Å². The highest BCUT2D eigenvalue weighted by Crippen LogP contribution is 2.21. The van der Waals surface area contributed by atoms with Crippen LogP contribution >= 0.6 is 0 Å². The van der Waals surface area contributed by atoms with E-state index in [1.54, 1.807) is 18.5 Å². The van der Waals surface area contributed by atoms with Gasteiger partial charge in [0.25, 0.3) is 0 Å². The molecule has 3 aromatic rings. The monoisotopic (exact) mass is 400 g/mol. The summed E-state index contributed by atoms with van der Waals surface area (Å²) in [5.41, 5.74) is 2.11. The molecule has 28 heavy (non-hydrogen) atoms. The van der Waals surface area contributed by atoms with Crippen molar-refractivity contribution >= 4 is 15.8 Å². The first-order valence-electron chi connectivity index (χ1n) is 8.89. The van der Waals surface area contributed by atoms with Crippen molar-refractivity contribution in [2.75, 3.05) is 31.1 Å². The fraction of sp³-hybridized carbons (Fsp3) is 0.333. The van der Waals surface area contributed by atoms with E-state index >= 15 is 0 Å². The molecule has 0 amide bonds. The zero-order valence-electron chi connectivity index (χ0n) is 15.4. The zero-order valence-corrected chi connectivity index (χ0v) is 16.2. The fourth-order valence-electron chi connectivity index (χ4n) is 3.12. The Morgan fingerprint density at radius 3 is 2.64 bits per heavy atom. The largest absolute Gasteiger partial charge is 0.364 e. The summed E-state index contributed by atoms with van der Waals surface area (Å²) in [6.07, 6.45) is 4.81. The fourth-order valence-corrected chi connectivity index (χ4v) is 4.55. The Balaban J connectivity index is 1.47. The summed E-state index contributed by atoms with van der Waals surface area (Å²) < 4.78 is 31.4. The molecule has 0 aliphatic carbocycles. The van der Waals surface area contributed by atoms with E-state index in [9.17, 15) is 8.42 Å². The minimum absolute atomic E-state index is 0.152. The van der Waals surface area contributed by atoms with Gasteiger partial charge in [0.2, 0.25) is 10.0 Å². The Morgan fingerprint density at radius 1 is 1.14 bits per heavy atom. The van der Waals surface area contributed by atoms with E-state index in [2.05, 4.69) is 25.0 Å². The third kappa shape index (κ3) is 4.02. The summed E-state index contributed by atoms with van der Waals surface area (Å²) in [5, 5.41) is 3.69. The van der Waals surface area contributed by atoms with E-state index in [1.165, 1.54) is 10.6 Å². The second-order valence-corrected chi connectivity index (χ2v) is 8.53. The van der Waals surface area contributed by atoms with Crippen LogP contribution < -0.4 is 4.90 Å². The maximum absolute atomic E-state index is 12.6. The van der Waals surface area contributed by atoms with Crippen molar-refractivity contribution in [3.8, 4) is 11.4 Å². The lowest BCUT2D eigenvalue weighted by Crippen LogP contribution is -2.49. The molecule has 1 aliphatic heterocycles. The van der Waals surface area contributed by atoms with Crippen molar-refractivity contribution in [3.63, 3.8) is 0 Å². The third-order valence-corrected chi connectivity index (χ3v) is 6.35. The van der Waals surface area contributed by atoms with Crippen LogP contribution in [0.1, 0.15) is 11.4 Å². The first-order valence-corrected chi connectivity index (χ1v) is 10.5. The van der Waals surface area contributed by atoms with Crippen LogP contribution in [0.3, 0.4) is 0 Å². The Morgan fingerprint density at radius 2 is 1.96 bits per heavy atom. The molecule has 0 spiro atoms. The van der Waals surface area contributed by atoms with Gasteiger partial charge in [0.1, 0.15) is 17.8 Å². The maximum Gasteiger partial charge on any atom is 0.220 e. The van der Waals surface area contributed by atoms with Crippen LogP contribution in [0.15, 0.2) is 47.4 Å². The van der Waals surface area contributed by atoms with E-state index in [-0.39, 0.29) is 5.75 Å². The Kier molecular flexibility index (Phi) is 5.05. The molecule has 0 atom stereocenters. The Hall–Kier alpha value is -2.85. The van der Waals surface area contributed by atoms with Gasteiger partial charge in [0.15, 0.2) is 5.82 Å². The summed E-state index contributed by atoms with van der Waals surface area (Å²) in [5.74, 6) is 1.26. The van der Waals surface area contributed by atoms with Gasteiger partial charge in [0.05, 0.1) is 5.69 Å². The van der Waals surface area contributed by atoms with Gasteiger partial charge < -0.3 is 9.42 Å². The van der Waals surface area contributed by atoms with Crippen molar-refractivity contribution < 1.29 is 12.9 Å². The van der Waals surface area contributed by atoms with Crippen LogP contribution in [0, 0.1) is 6.92 Å². The third-order valence-electron chi connectivity index (χ3n) is 4.54. The molecule has 4 rings (SSSR count). The number of hydrogen-bond donors (Lipinski definition) is 0. The molecule has 1 saturated heterocycles. The molecular weight excluding hydrogens is 380 g/mol. The molecule has 1 fully saturated rings. The Bertz CT molecular complexity index is 1030. The molecule has 146 valence electrons. The highest BCUT2D eigenvalue weighted by Gasteiger charge is 2.28. The van der Waals surface area contributed by atoms with Crippen molar-refractivity contribution in [1.29, 1.82) is 0 Å². The minimum atomic E-state index is -3.43. The molecule has 0 bridgehead atoms. The minimum Gasteiger partial charge on any atom is -0.364 e. The predicted octanol–water partition coefficient (Wildman–Crippen LogP) is 1.49. The van der Waals surface area contributed by atoms with Gasteiger partial charge in [-0.15, -0.1) is 0 Å². The van der Waals surface area contributed by atoms with Crippen molar-refractivity contribution in [2.45, 2.75) is 12.7 Å². The van der Waals surface area contributed by atoms with Crippen LogP contribution in [-0.4, -0.2) is 59.0 Å². The van der Waals surface area contributed by atoms with E-state index in [1.807, 2.05) is 25.1 Å². The average Bonchev–Trinajstić information content (AvgIpc) is 3.20. The lowest BCUT2D eigenvalue weighted by molar-refractivity contribution is 0.380. The SMILES string of the molecule is Cc1cc(N2CCN(S(=O)(=O)Cc3ccon3)CC2)nc(-c2cccnc2)n1. The van der Waals surface area contributed by atoms with Crippen molar-refractivity contribution in [2.24, 2.45) is 0 Å². The quantitative estimate of drug-likeness (QED) is 0.634. The second kappa shape index (κ2) is 7.64. The standard InChI is InChI=1S/C18H20N6O3S/c1-14-11-17(21-18(20-14)15-3-2-5-19-12-15)23-6-8-24(9-7-23)28(25,26)13-16-4-10-27-22-16/h2-5,10-12H,6-9,13H2,1H3. The first-order chi connectivity index (χ1) is 13.5. The van der Waals surface area contributed by atoms with E-state index in [4.69, 9.17) is 4.52 Å². The van der Waals surface area contributed by atoms with Crippen LogP contribution in [0.2, 0.25) is 0 Å². The topological polar surface area (TPSA) is 105 Å². The number of aryl methyl sites for hydroxylation is 1. The van der Waals surface area contributed by atoms with E-state index < -0.39 is 10.0 Å². The lowest BCUT2D eigenvalue weighted by Gasteiger charge is -2.34. The van der Waals surface area contributed by atoms with Crippen LogP contribution in [0.4, 0.5) is 5.82 Å². The molecule has 0 radical (unpaired) electrons. The summed E-state index contributed by atoms with van der Waals surface area (Å²) in [6.45, 7) is 3.82. The normalized spacial score (nSPS) is 15.7. The summed E-state index contributed by atoms with van der Waals surface area (Å²) >= 11 is 0. The smallest absolute Gasteiger partial charge is 0.220 e. The van der Waals surface area contributed by atoms with Crippen LogP contribution in [-0.2, 0) is 15.8 Å². The van der Waals surface area contributed by atoms with Gasteiger partial charge in [-0.25, -0.2) is 18.4 Å². The van der Waals surface area contributed by atoms with Gasteiger partial charge in [0, 0.05) is 62.0 Å². The number of piperazine rings is 1. The molecule has 0 aromatic carbocycles. The first kappa shape index (κ1) is 18.5. The second-order valence-electron chi connectivity index (χ2n) is 6.57. The van der Waals surface area contributed by atoms with Crippen molar-refractivity contribution in [1.82, 2.24) is 24.4 Å². The highest BCUT2D eigenvalue weighted by molar-refractivity contribution is 7.88. The molecular formula is C18H20N6O3S. The molecule has 0 unspecified atom stereocenters. The number of rotatable bonds is 5. The van der Waals surface area contributed by atoms with Gasteiger partial charge in [-0.3, -0.25) is 4.98 Å². The molecule has 1 aliphatic rings. The number of sulfonamides is 1. The van der Waals surface area contributed by atoms with Crippen molar-refractivity contribution in [3.05, 3.63) is 54.3 Å². The van der Waals surface area contributed by atoms with Crippen LogP contribution in [0.5, 0.6) is 0 Å². The lowest BCUT2D eigenvalue weighted by atomic mass is 10.2. The average molecular weight is 400 g/mol. The molecule has 3 aromatic heterocycles. The Labute approximate surface area is 163 Å². The number of aromatic nitrogens is 4. The zero-order chi connectivity index (χ0) is 19.6. The maximum atomic E-state index is 12.6. The van der Waals surface area contributed by atoms with Gasteiger partial charge in [-0.05, 0) is 19.1 Å². The summed E-state index contributed by atoms with van der Waals surface area (Å²) in [4.78, 5) is 15.4. The van der Waals surface area contributed by atoms with E-state index in [0.29, 0.717) is 37.7 Å². The number of anilines is 1. The predicted molar refractivity (Wildman–Crippen MR) is 103 cm³/mol. The highest BCUT2D eigenvalue weighted by atomic mass is 32.2. The van der Waals surface area contributed by atoms with Crippen LogP contribution in [0.25, 0.3) is 11.4 Å². The molecule has 0 N–H and O–H groups in total. The molecule has 4 heterocycles. The molecule has 0 saturated carbocycles. The number of pyridine rings is 1. The molecule has 10 heteroatoms.